The maximum absolute atomic E-state index is 11.9. The Morgan fingerprint density at radius 2 is 2.09 bits per heavy atom. The van der Waals surface area contributed by atoms with Crippen molar-refractivity contribution in [2.75, 3.05) is 18.8 Å². The zero-order chi connectivity index (χ0) is 15.1. The number of halogens is 1. The largest absolute Gasteiger partial charge is 0.350 e. The van der Waals surface area contributed by atoms with Crippen LogP contribution in [0.4, 0.5) is 0 Å². The summed E-state index contributed by atoms with van der Waals surface area (Å²) >= 11 is 3.21. The number of hydrogen-bond donors (Lipinski definition) is 2. The van der Waals surface area contributed by atoms with E-state index >= 15 is 0 Å². The van der Waals surface area contributed by atoms with Gasteiger partial charge in [0.25, 0.3) is 5.91 Å². The molecule has 0 radical (unpaired) electrons. The Balaban J connectivity index is 0.00000242. The highest BCUT2D eigenvalue weighted by Gasteiger charge is 2.09. The van der Waals surface area contributed by atoms with Crippen LogP contribution in [-0.4, -0.2) is 29.7 Å². The van der Waals surface area contributed by atoms with Gasteiger partial charge in [0.05, 0.1) is 5.01 Å². The Labute approximate surface area is 145 Å². The van der Waals surface area contributed by atoms with Crippen LogP contribution >= 0.6 is 35.5 Å². The molecule has 0 aliphatic rings. The number of carbonyl (C=O) groups is 1. The summed E-state index contributed by atoms with van der Waals surface area (Å²) in [6.45, 7) is 3.25. The summed E-state index contributed by atoms with van der Waals surface area (Å²) in [7, 11) is 0. The van der Waals surface area contributed by atoms with E-state index in [1.54, 1.807) is 17.1 Å². The standard InChI is InChI=1S/C15H19N3OS2.ClH/c1-11-2-4-12(5-3-11)20-9-8-17-15(19)13-10-21-14(18-13)6-7-16;/h2-5,10H,6-9,16H2,1H3,(H,17,19);1H. The molecule has 2 aromatic rings. The van der Waals surface area contributed by atoms with Gasteiger partial charge in [-0.05, 0) is 25.6 Å². The highest BCUT2D eigenvalue weighted by Crippen LogP contribution is 2.17. The Bertz CT molecular complexity index is 587. The average Bonchev–Trinajstić information content (AvgIpc) is 2.94. The number of aryl methyl sites for hydroxylation is 1. The van der Waals surface area contributed by atoms with Gasteiger partial charge in [0.15, 0.2) is 0 Å². The topological polar surface area (TPSA) is 68.0 Å². The minimum Gasteiger partial charge on any atom is -0.350 e. The molecule has 0 fully saturated rings. The van der Waals surface area contributed by atoms with Crippen LogP contribution in [0, 0.1) is 6.92 Å². The van der Waals surface area contributed by atoms with E-state index in [9.17, 15) is 4.79 Å². The van der Waals surface area contributed by atoms with Crippen molar-refractivity contribution in [3.63, 3.8) is 0 Å². The van der Waals surface area contributed by atoms with Crippen molar-refractivity contribution >= 4 is 41.4 Å². The van der Waals surface area contributed by atoms with Gasteiger partial charge in [-0.25, -0.2) is 4.98 Å². The van der Waals surface area contributed by atoms with Gasteiger partial charge in [-0.1, -0.05) is 17.7 Å². The molecule has 0 spiro atoms. The number of thioether (sulfide) groups is 1. The minimum absolute atomic E-state index is 0. The van der Waals surface area contributed by atoms with E-state index in [1.807, 2.05) is 0 Å². The molecule has 1 amide bonds. The molecular weight excluding hydrogens is 338 g/mol. The first-order chi connectivity index (χ1) is 10.2. The number of amides is 1. The fourth-order valence-electron chi connectivity index (χ4n) is 1.71. The van der Waals surface area contributed by atoms with Crippen molar-refractivity contribution in [3.8, 4) is 0 Å². The summed E-state index contributed by atoms with van der Waals surface area (Å²) in [5, 5.41) is 5.59. The molecule has 0 aliphatic heterocycles. The molecule has 1 aromatic carbocycles. The first kappa shape index (κ1) is 19.0. The Morgan fingerprint density at radius 3 is 2.77 bits per heavy atom. The highest BCUT2D eigenvalue weighted by atomic mass is 35.5. The van der Waals surface area contributed by atoms with Crippen molar-refractivity contribution in [2.24, 2.45) is 5.73 Å². The van der Waals surface area contributed by atoms with Crippen molar-refractivity contribution in [2.45, 2.75) is 18.2 Å². The van der Waals surface area contributed by atoms with Gasteiger partial charge in [0.1, 0.15) is 5.69 Å². The van der Waals surface area contributed by atoms with E-state index in [0.717, 1.165) is 17.2 Å². The van der Waals surface area contributed by atoms with Crippen molar-refractivity contribution in [3.05, 3.63) is 45.9 Å². The summed E-state index contributed by atoms with van der Waals surface area (Å²) in [5.41, 5.74) is 7.22. The van der Waals surface area contributed by atoms with Gasteiger partial charge in [0.2, 0.25) is 0 Å². The summed E-state index contributed by atoms with van der Waals surface area (Å²) in [4.78, 5) is 17.4. The number of nitrogens with two attached hydrogens (primary N) is 1. The third-order valence-electron chi connectivity index (χ3n) is 2.82. The second-order valence-corrected chi connectivity index (χ2v) is 6.69. The summed E-state index contributed by atoms with van der Waals surface area (Å²) in [5.74, 6) is 0.730. The fraction of sp³-hybridized carbons (Fsp3) is 0.333. The number of carbonyl (C=O) groups excluding carboxylic acids is 1. The van der Waals surface area contributed by atoms with Crippen LogP contribution in [0.25, 0.3) is 0 Å². The predicted octanol–water partition coefficient (Wildman–Crippen LogP) is 2.90. The van der Waals surface area contributed by atoms with Crippen molar-refractivity contribution in [1.82, 2.24) is 10.3 Å². The number of nitrogens with zero attached hydrogens (tertiary/aromatic N) is 1. The molecule has 4 nitrogen and oxygen atoms in total. The number of hydrogen-bond acceptors (Lipinski definition) is 5. The van der Waals surface area contributed by atoms with E-state index in [-0.39, 0.29) is 18.3 Å². The lowest BCUT2D eigenvalue weighted by atomic mass is 10.2. The normalized spacial score (nSPS) is 10.1. The van der Waals surface area contributed by atoms with Crippen LogP contribution in [0.2, 0.25) is 0 Å². The second-order valence-electron chi connectivity index (χ2n) is 4.58. The van der Waals surface area contributed by atoms with Crippen LogP contribution in [0.3, 0.4) is 0 Å². The lowest BCUT2D eigenvalue weighted by Gasteiger charge is -2.04. The van der Waals surface area contributed by atoms with Gasteiger partial charge >= 0.3 is 0 Å². The lowest BCUT2D eigenvalue weighted by Crippen LogP contribution is -2.26. The second kappa shape index (κ2) is 9.84. The van der Waals surface area contributed by atoms with Crippen LogP contribution < -0.4 is 11.1 Å². The summed E-state index contributed by atoms with van der Waals surface area (Å²) in [6, 6.07) is 8.38. The molecule has 0 bridgehead atoms. The van der Waals surface area contributed by atoms with Crippen LogP contribution in [0.1, 0.15) is 21.1 Å². The molecule has 0 saturated heterocycles. The van der Waals surface area contributed by atoms with Crippen molar-refractivity contribution in [1.29, 1.82) is 0 Å². The quantitative estimate of drug-likeness (QED) is 0.590. The minimum atomic E-state index is -0.112. The summed E-state index contributed by atoms with van der Waals surface area (Å²) in [6.07, 6.45) is 0.723. The number of aromatic nitrogens is 1. The van der Waals surface area contributed by atoms with Gasteiger partial charge in [-0.2, -0.15) is 0 Å². The lowest BCUT2D eigenvalue weighted by molar-refractivity contribution is 0.0951. The molecule has 7 heteroatoms. The summed E-state index contributed by atoms with van der Waals surface area (Å²) < 4.78 is 0. The van der Waals surface area contributed by atoms with Gasteiger partial charge < -0.3 is 11.1 Å². The van der Waals surface area contributed by atoms with Crippen LogP contribution in [0.15, 0.2) is 34.5 Å². The van der Waals surface area contributed by atoms with Gasteiger partial charge in [-0.15, -0.1) is 35.5 Å². The third kappa shape index (κ3) is 5.96. The molecule has 0 saturated carbocycles. The van der Waals surface area contributed by atoms with E-state index in [4.69, 9.17) is 5.73 Å². The van der Waals surface area contributed by atoms with E-state index in [2.05, 4.69) is 41.5 Å². The van der Waals surface area contributed by atoms with Crippen LogP contribution in [-0.2, 0) is 6.42 Å². The average molecular weight is 358 g/mol. The predicted molar refractivity (Wildman–Crippen MR) is 96.4 cm³/mol. The maximum atomic E-state index is 11.9. The van der Waals surface area contributed by atoms with E-state index in [1.165, 1.54) is 21.8 Å². The molecule has 0 unspecified atom stereocenters. The van der Waals surface area contributed by atoms with Crippen molar-refractivity contribution < 1.29 is 4.79 Å². The molecule has 1 aromatic heterocycles. The molecule has 3 N–H and O–H groups in total. The zero-order valence-corrected chi connectivity index (χ0v) is 14.8. The molecule has 0 aliphatic carbocycles. The molecule has 22 heavy (non-hydrogen) atoms. The SMILES string of the molecule is Cc1ccc(SCCNC(=O)c2csc(CCN)n2)cc1.Cl. The molecule has 2 rings (SSSR count). The molecule has 120 valence electrons. The Hall–Kier alpha value is -1.08. The van der Waals surface area contributed by atoms with E-state index in [0.29, 0.717) is 18.8 Å². The smallest absolute Gasteiger partial charge is 0.270 e. The first-order valence-electron chi connectivity index (χ1n) is 6.81. The third-order valence-corrected chi connectivity index (χ3v) is 4.74. The first-order valence-corrected chi connectivity index (χ1v) is 8.67. The monoisotopic (exact) mass is 357 g/mol. The van der Waals surface area contributed by atoms with Crippen LogP contribution in [0.5, 0.6) is 0 Å². The number of benzene rings is 1. The molecule has 0 atom stereocenters. The number of thiazole rings is 1. The van der Waals surface area contributed by atoms with E-state index < -0.39 is 0 Å². The highest BCUT2D eigenvalue weighted by molar-refractivity contribution is 7.99. The maximum Gasteiger partial charge on any atom is 0.270 e. The molecular formula is C15H20ClN3OS2. The fourth-order valence-corrected chi connectivity index (χ4v) is 3.27. The Kier molecular flexibility index (Phi) is 8.48. The number of rotatable bonds is 7. The van der Waals surface area contributed by atoms with Gasteiger partial charge in [0, 0.05) is 29.0 Å². The number of nitrogens with one attached hydrogen (secondary N) is 1. The van der Waals surface area contributed by atoms with Gasteiger partial charge in [-0.3, -0.25) is 4.79 Å². The Morgan fingerprint density at radius 1 is 1.36 bits per heavy atom. The molecule has 1 heterocycles. The zero-order valence-electron chi connectivity index (χ0n) is 12.4.